The Morgan fingerprint density at radius 3 is 2.81 bits per heavy atom. The second-order valence-corrected chi connectivity index (χ2v) is 6.39. The van der Waals surface area contributed by atoms with Gasteiger partial charge in [0, 0.05) is 44.0 Å². The summed E-state index contributed by atoms with van der Waals surface area (Å²) in [5.74, 6) is 1.44. The van der Waals surface area contributed by atoms with Gasteiger partial charge in [-0.3, -0.25) is 14.7 Å². The van der Waals surface area contributed by atoms with Crippen LogP contribution in [0, 0.1) is 0 Å². The minimum Gasteiger partial charge on any atom is -0.497 e. The summed E-state index contributed by atoms with van der Waals surface area (Å²) < 4.78 is 5.20. The standard InChI is InChI=1S/C20H20N4O2/c1-26-16-6-4-14(5-7-16)12-24-10-8-18-17(13-24)20(25)23-19(22-18)15-3-2-9-21-11-15/h2-7,9,11H,8,10,12-13H2,1H3,(H,22,23,25). The molecule has 26 heavy (non-hydrogen) atoms. The van der Waals surface area contributed by atoms with Gasteiger partial charge in [-0.05, 0) is 29.8 Å². The minimum atomic E-state index is -0.0618. The molecule has 0 saturated heterocycles. The number of hydrogen-bond acceptors (Lipinski definition) is 5. The van der Waals surface area contributed by atoms with Crippen LogP contribution in [0.4, 0.5) is 0 Å². The van der Waals surface area contributed by atoms with Crippen LogP contribution in [0.1, 0.15) is 16.8 Å². The Morgan fingerprint density at radius 2 is 2.08 bits per heavy atom. The smallest absolute Gasteiger partial charge is 0.255 e. The number of pyridine rings is 1. The van der Waals surface area contributed by atoms with E-state index in [0.717, 1.165) is 42.1 Å². The molecular weight excluding hydrogens is 328 g/mol. The molecule has 0 saturated carbocycles. The summed E-state index contributed by atoms with van der Waals surface area (Å²) >= 11 is 0. The lowest BCUT2D eigenvalue weighted by Gasteiger charge is -2.27. The zero-order chi connectivity index (χ0) is 17.9. The van der Waals surface area contributed by atoms with Crippen molar-refractivity contribution < 1.29 is 4.74 Å². The lowest BCUT2D eigenvalue weighted by molar-refractivity contribution is 0.242. The van der Waals surface area contributed by atoms with Crippen molar-refractivity contribution in [2.75, 3.05) is 13.7 Å². The molecule has 3 heterocycles. The molecule has 0 fully saturated rings. The zero-order valence-corrected chi connectivity index (χ0v) is 14.6. The molecule has 0 bridgehead atoms. The van der Waals surface area contributed by atoms with Gasteiger partial charge in [-0.1, -0.05) is 12.1 Å². The van der Waals surface area contributed by atoms with Crippen molar-refractivity contribution in [1.29, 1.82) is 0 Å². The van der Waals surface area contributed by atoms with Crippen LogP contribution in [0.5, 0.6) is 5.75 Å². The maximum Gasteiger partial charge on any atom is 0.255 e. The van der Waals surface area contributed by atoms with E-state index in [4.69, 9.17) is 4.74 Å². The van der Waals surface area contributed by atoms with E-state index in [1.54, 1.807) is 19.5 Å². The number of hydrogen-bond donors (Lipinski definition) is 1. The average Bonchev–Trinajstić information content (AvgIpc) is 2.69. The van der Waals surface area contributed by atoms with E-state index in [0.29, 0.717) is 12.4 Å². The first kappa shape index (κ1) is 16.5. The third-order valence-corrected chi connectivity index (χ3v) is 4.65. The van der Waals surface area contributed by atoms with Crippen LogP contribution in [-0.4, -0.2) is 33.5 Å². The second kappa shape index (κ2) is 7.09. The Balaban J connectivity index is 1.54. The van der Waals surface area contributed by atoms with Crippen molar-refractivity contribution >= 4 is 0 Å². The fraction of sp³-hybridized carbons (Fsp3) is 0.250. The molecule has 1 aliphatic rings. The average molecular weight is 348 g/mol. The van der Waals surface area contributed by atoms with Crippen LogP contribution in [0.3, 0.4) is 0 Å². The number of nitrogens with zero attached hydrogens (tertiary/aromatic N) is 3. The highest BCUT2D eigenvalue weighted by Crippen LogP contribution is 2.20. The fourth-order valence-electron chi connectivity index (χ4n) is 3.24. The third-order valence-electron chi connectivity index (χ3n) is 4.65. The van der Waals surface area contributed by atoms with Gasteiger partial charge in [0.2, 0.25) is 0 Å². The molecule has 0 radical (unpaired) electrons. The summed E-state index contributed by atoms with van der Waals surface area (Å²) in [6.45, 7) is 2.28. The topological polar surface area (TPSA) is 71.1 Å². The number of benzene rings is 1. The van der Waals surface area contributed by atoms with Gasteiger partial charge in [0.05, 0.1) is 18.4 Å². The monoisotopic (exact) mass is 348 g/mol. The Morgan fingerprint density at radius 1 is 1.23 bits per heavy atom. The Kier molecular flexibility index (Phi) is 4.50. The van der Waals surface area contributed by atoms with Gasteiger partial charge in [-0.15, -0.1) is 0 Å². The lowest BCUT2D eigenvalue weighted by Crippen LogP contribution is -2.35. The summed E-state index contributed by atoms with van der Waals surface area (Å²) in [6, 6.07) is 11.8. The summed E-state index contributed by atoms with van der Waals surface area (Å²) in [6.07, 6.45) is 4.18. The molecule has 6 nitrogen and oxygen atoms in total. The number of methoxy groups -OCH3 is 1. The van der Waals surface area contributed by atoms with Crippen molar-refractivity contribution in [3.8, 4) is 17.1 Å². The van der Waals surface area contributed by atoms with Gasteiger partial charge in [0.1, 0.15) is 11.6 Å². The molecular formula is C20H20N4O2. The number of nitrogens with one attached hydrogen (secondary N) is 1. The molecule has 0 unspecified atom stereocenters. The normalized spacial score (nSPS) is 14.0. The third kappa shape index (κ3) is 3.36. The molecule has 0 amide bonds. The first-order valence-corrected chi connectivity index (χ1v) is 8.60. The molecule has 132 valence electrons. The van der Waals surface area contributed by atoms with Gasteiger partial charge in [0.15, 0.2) is 0 Å². The quantitative estimate of drug-likeness (QED) is 0.784. The van der Waals surface area contributed by atoms with Crippen molar-refractivity contribution in [2.24, 2.45) is 0 Å². The predicted octanol–water partition coefficient (Wildman–Crippen LogP) is 2.40. The van der Waals surface area contributed by atoms with E-state index in [2.05, 4.69) is 32.0 Å². The first-order valence-electron chi connectivity index (χ1n) is 8.60. The van der Waals surface area contributed by atoms with Gasteiger partial charge in [-0.2, -0.15) is 0 Å². The highest BCUT2D eigenvalue weighted by Gasteiger charge is 2.21. The number of H-pyrrole nitrogens is 1. The maximum atomic E-state index is 12.6. The molecule has 4 rings (SSSR count). The van der Waals surface area contributed by atoms with E-state index < -0.39 is 0 Å². The molecule has 0 spiro atoms. The van der Waals surface area contributed by atoms with Crippen LogP contribution >= 0.6 is 0 Å². The van der Waals surface area contributed by atoms with Gasteiger partial charge in [-0.25, -0.2) is 4.98 Å². The van der Waals surface area contributed by atoms with Gasteiger partial charge in [0.25, 0.3) is 5.56 Å². The van der Waals surface area contributed by atoms with Gasteiger partial charge >= 0.3 is 0 Å². The number of aromatic nitrogens is 3. The highest BCUT2D eigenvalue weighted by molar-refractivity contribution is 5.53. The van der Waals surface area contributed by atoms with E-state index >= 15 is 0 Å². The summed E-state index contributed by atoms with van der Waals surface area (Å²) in [5, 5.41) is 0. The van der Waals surface area contributed by atoms with E-state index in [-0.39, 0.29) is 5.56 Å². The molecule has 1 N–H and O–H groups in total. The summed E-state index contributed by atoms with van der Waals surface area (Å²) in [5.41, 5.74) is 3.61. The predicted molar refractivity (Wildman–Crippen MR) is 98.9 cm³/mol. The molecule has 2 aromatic heterocycles. The Labute approximate surface area is 151 Å². The van der Waals surface area contributed by atoms with Crippen LogP contribution in [0.25, 0.3) is 11.4 Å². The lowest BCUT2D eigenvalue weighted by atomic mass is 10.1. The van der Waals surface area contributed by atoms with Crippen molar-refractivity contribution in [2.45, 2.75) is 19.5 Å². The fourth-order valence-corrected chi connectivity index (χ4v) is 3.24. The Bertz CT molecular complexity index is 952. The number of rotatable bonds is 4. The highest BCUT2D eigenvalue weighted by atomic mass is 16.5. The summed E-state index contributed by atoms with van der Waals surface area (Å²) in [4.78, 5) is 26.5. The minimum absolute atomic E-state index is 0.0618. The molecule has 6 heteroatoms. The van der Waals surface area contributed by atoms with Crippen molar-refractivity contribution in [3.05, 3.63) is 76.0 Å². The van der Waals surface area contributed by atoms with Gasteiger partial charge < -0.3 is 9.72 Å². The van der Waals surface area contributed by atoms with Crippen LogP contribution in [0.15, 0.2) is 53.6 Å². The van der Waals surface area contributed by atoms with Crippen molar-refractivity contribution in [1.82, 2.24) is 19.9 Å². The molecule has 1 aliphatic heterocycles. The Hall–Kier alpha value is -2.99. The molecule has 0 atom stereocenters. The second-order valence-electron chi connectivity index (χ2n) is 6.39. The largest absolute Gasteiger partial charge is 0.497 e. The number of aromatic amines is 1. The molecule has 0 aliphatic carbocycles. The van der Waals surface area contributed by atoms with Crippen LogP contribution in [-0.2, 0) is 19.5 Å². The first-order chi connectivity index (χ1) is 12.7. The molecule has 3 aromatic rings. The van der Waals surface area contributed by atoms with Crippen molar-refractivity contribution in [3.63, 3.8) is 0 Å². The number of fused-ring (bicyclic) bond motifs is 1. The van der Waals surface area contributed by atoms with Crippen LogP contribution < -0.4 is 10.3 Å². The zero-order valence-electron chi connectivity index (χ0n) is 14.6. The molecule has 1 aromatic carbocycles. The summed E-state index contributed by atoms with van der Waals surface area (Å²) in [7, 11) is 1.66. The SMILES string of the molecule is COc1ccc(CN2CCc3nc(-c4cccnc4)[nH]c(=O)c3C2)cc1. The number of ether oxygens (including phenoxy) is 1. The van der Waals surface area contributed by atoms with Crippen LogP contribution in [0.2, 0.25) is 0 Å². The van der Waals surface area contributed by atoms with E-state index in [1.165, 1.54) is 5.56 Å². The van der Waals surface area contributed by atoms with E-state index in [9.17, 15) is 4.79 Å². The van der Waals surface area contributed by atoms with E-state index in [1.807, 2.05) is 24.3 Å². The maximum absolute atomic E-state index is 12.6.